The number of halogens is 2. The molecule has 0 amide bonds. The van der Waals surface area contributed by atoms with Gasteiger partial charge in [-0.3, -0.25) is 0 Å². The van der Waals surface area contributed by atoms with E-state index in [1.807, 2.05) is 0 Å². The lowest BCUT2D eigenvalue weighted by atomic mass is 10.2. The number of rotatable bonds is 2. The van der Waals surface area contributed by atoms with E-state index >= 15 is 0 Å². The molecule has 2 heterocycles. The number of ether oxygens (including phenoxy) is 1. The minimum Gasteiger partial charge on any atom is -0.497 e. The number of hydrogen-bond donors (Lipinski definition) is 1. The highest BCUT2D eigenvalue weighted by atomic mass is 32.1. The summed E-state index contributed by atoms with van der Waals surface area (Å²) in [5.74, 6) is -1.12. The van der Waals surface area contributed by atoms with Crippen LogP contribution in [0.25, 0.3) is 10.6 Å². The number of fused-ring (bicyclic) bond motifs is 1. The Morgan fingerprint density at radius 3 is 2.68 bits per heavy atom. The Labute approximate surface area is 113 Å². The third-order valence-corrected chi connectivity index (χ3v) is 4.18. The first-order valence-electron chi connectivity index (χ1n) is 5.91. The summed E-state index contributed by atoms with van der Waals surface area (Å²) in [5, 5.41) is 3.61. The van der Waals surface area contributed by atoms with E-state index in [0.717, 1.165) is 23.5 Å². The van der Waals surface area contributed by atoms with E-state index in [4.69, 9.17) is 4.74 Å². The van der Waals surface area contributed by atoms with Gasteiger partial charge in [-0.15, -0.1) is 11.3 Å². The minimum absolute atomic E-state index is 0.0693. The molecule has 0 saturated carbocycles. The van der Waals surface area contributed by atoms with Crippen LogP contribution in [0.5, 0.6) is 5.75 Å². The first kappa shape index (κ1) is 12.5. The SMILES string of the molecule is COc1cc(F)c(-c2nc3c(s2)CNCC3)c(F)c1. The zero-order chi connectivity index (χ0) is 13.4. The predicted octanol–water partition coefficient (Wildman–Crippen LogP) is 2.74. The molecule has 3 rings (SSSR count). The Morgan fingerprint density at radius 1 is 1.32 bits per heavy atom. The van der Waals surface area contributed by atoms with Crippen molar-refractivity contribution in [3.8, 4) is 16.3 Å². The molecule has 0 saturated heterocycles. The van der Waals surface area contributed by atoms with E-state index in [2.05, 4.69) is 10.3 Å². The van der Waals surface area contributed by atoms with Crippen LogP contribution in [0.1, 0.15) is 10.6 Å². The molecular formula is C13H12F2N2OS. The molecule has 1 aromatic heterocycles. The average molecular weight is 282 g/mol. The summed E-state index contributed by atoms with van der Waals surface area (Å²) < 4.78 is 32.8. The fraction of sp³-hybridized carbons (Fsp3) is 0.308. The van der Waals surface area contributed by atoms with E-state index in [9.17, 15) is 8.78 Å². The second-order valence-corrected chi connectivity index (χ2v) is 5.37. The van der Waals surface area contributed by atoms with Gasteiger partial charge in [-0.2, -0.15) is 0 Å². The molecule has 0 aliphatic carbocycles. The van der Waals surface area contributed by atoms with Crippen molar-refractivity contribution in [2.24, 2.45) is 0 Å². The van der Waals surface area contributed by atoms with Crippen LogP contribution in [-0.2, 0) is 13.0 Å². The van der Waals surface area contributed by atoms with Crippen molar-refractivity contribution in [2.45, 2.75) is 13.0 Å². The van der Waals surface area contributed by atoms with E-state index < -0.39 is 11.6 Å². The summed E-state index contributed by atoms with van der Waals surface area (Å²) in [7, 11) is 1.38. The van der Waals surface area contributed by atoms with Crippen molar-refractivity contribution in [3.63, 3.8) is 0 Å². The van der Waals surface area contributed by atoms with Crippen LogP contribution >= 0.6 is 11.3 Å². The lowest BCUT2D eigenvalue weighted by Crippen LogP contribution is -2.22. The molecule has 2 aromatic rings. The Kier molecular flexibility index (Phi) is 3.20. The average Bonchev–Trinajstić information content (AvgIpc) is 2.80. The van der Waals surface area contributed by atoms with Crippen molar-refractivity contribution in [1.29, 1.82) is 0 Å². The van der Waals surface area contributed by atoms with Crippen molar-refractivity contribution < 1.29 is 13.5 Å². The largest absolute Gasteiger partial charge is 0.497 e. The summed E-state index contributed by atoms with van der Waals surface area (Å²) in [6, 6.07) is 2.36. The maximum absolute atomic E-state index is 14.0. The van der Waals surface area contributed by atoms with Gasteiger partial charge < -0.3 is 10.1 Å². The predicted molar refractivity (Wildman–Crippen MR) is 69.4 cm³/mol. The zero-order valence-electron chi connectivity index (χ0n) is 10.3. The molecule has 1 aromatic carbocycles. The van der Waals surface area contributed by atoms with Gasteiger partial charge in [0.05, 0.1) is 18.4 Å². The highest BCUT2D eigenvalue weighted by molar-refractivity contribution is 7.15. The molecule has 1 aliphatic heterocycles. The maximum atomic E-state index is 14.0. The van der Waals surface area contributed by atoms with Gasteiger partial charge in [0, 0.05) is 36.5 Å². The van der Waals surface area contributed by atoms with Crippen molar-refractivity contribution >= 4 is 11.3 Å². The quantitative estimate of drug-likeness (QED) is 0.919. The third-order valence-electron chi connectivity index (χ3n) is 3.07. The third kappa shape index (κ3) is 2.21. The number of aromatic nitrogens is 1. The van der Waals surface area contributed by atoms with Crippen molar-refractivity contribution in [3.05, 3.63) is 34.3 Å². The summed E-state index contributed by atoms with van der Waals surface area (Å²) in [5.41, 5.74) is 0.869. The molecule has 19 heavy (non-hydrogen) atoms. The fourth-order valence-electron chi connectivity index (χ4n) is 2.10. The number of hydrogen-bond acceptors (Lipinski definition) is 4. The second kappa shape index (κ2) is 4.86. The number of nitrogens with zero attached hydrogens (tertiary/aromatic N) is 1. The van der Waals surface area contributed by atoms with Gasteiger partial charge in [-0.05, 0) is 0 Å². The molecule has 0 radical (unpaired) electrons. The number of thiazole rings is 1. The van der Waals surface area contributed by atoms with E-state index in [-0.39, 0.29) is 11.3 Å². The van der Waals surface area contributed by atoms with Gasteiger partial charge in [0.1, 0.15) is 22.4 Å². The van der Waals surface area contributed by atoms with E-state index in [0.29, 0.717) is 11.6 Å². The minimum atomic E-state index is -0.643. The molecule has 1 N–H and O–H groups in total. The van der Waals surface area contributed by atoms with Gasteiger partial charge in [0.25, 0.3) is 0 Å². The highest BCUT2D eigenvalue weighted by Crippen LogP contribution is 2.34. The van der Waals surface area contributed by atoms with Gasteiger partial charge in [-0.1, -0.05) is 0 Å². The topological polar surface area (TPSA) is 34.1 Å². The van der Waals surface area contributed by atoms with E-state index in [1.165, 1.54) is 30.6 Å². The molecule has 0 bridgehead atoms. The van der Waals surface area contributed by atoms with Gasteiger partial charge in [-0.25, -0.2) is 13.8 Å². The standard InChI is InChI=1S/C13H12F2N2OS/c1-18-7-4-8(14)12(9(15)5-7)13-17-10-2-3-16-6-11(10)19-13/h4-5,16H,2-3,6H2,1H3. The van der Waals surface area contributed by atoms with E-state index in [1.54, 1.807) is 0 Å². The lowest BCUT2D eigenvalue weighted by molar-refractivity contribution is 0.407. The Balaban J connectivity index is 2.09. The van der Waals surface area contributed by atoms with Crippen molar-refractivity contribution in [1.82, 2.24) is 10.3 Å². The maximum Gasteiger partial charge on any atom is 0.140 e. The highest BCUT2D eigenvalue weighted by Gasteiger charge is 2.21. The molecule has 1 aliphatic rings. The summed E-state index contributed by atoms with van der Waals surface area (Å²) in [6.07, 6.45) is 0.797. The number of benzene rings is 1. The zero-order valence-corrected chi connectivity index (χ0v) is 11.1. The number of nitrogens with one attached hydrogen (secondary N) is 1. The fourth-order valence-corrected chi connectivity index (χ4v) is 3.23. The van der Waals surface area contributed by atoms with Crippen LogP contribution in [-0.4, -0.2) is 18.6 Å². The van der Waals surface area contributed by atoms with Crippen LogP contribution < -0.4 is 10.1 Å². The first-order valence-corrected chi connectivity index (χ1v) is 6.73. The molecule has 3 nitrogen and oxygen atoms in total. The smallest absolute Gasteiger partial charge is 0.140 e. The van der Waals surface area contributed by atoms with Gasteiger partial charge in [0.15, 0.2) is 0 Å². The lowest BCUT2D eigenvalue weighted by Gasteiger charge is -2.09. The molecule has 100 valence electrons. The monoisotopic (exact) mass is 282 g/mol. The molecule has 0 fully saturated rings. The Bertz CT molecular complexity index is 581. The molecule has 0 atom stereocenters. The Hall–Kier alpha value is -1.53. The molecule has 6 heteroatoms. The van der Waals surface area contributed by atoms with Crippen LogP contribution in [0, 0.1) is 11.6 Å². The molecule has 0 unspecified atom stereocenters. The molecule has 0 spiro atoms. The number of methoxy groups -OCH3 is 1. The first-order chi connectivity index (χ1) is 9.19. The van der Waals surface area contributed by atoms with Crippen molar-refractivity contribution in [2.75, 3.05) is 13.7 Å². The summed E-state index contributed by atoms with van der Waals surface area (Å²) in [6.45, 7) is 1.57. The van der Waals surface area contributed by atoms with Gasteiger partial charge in [0.2, 0.25) is 0 Å². The second-order valence-electron chi connectivity index (χ2n) is 4.28. The molecular weight excluding hydrogens is 270 g/mol. The van der Waals surface area contributed by atoms with Crippen LogP contribution in [0.4, 0.5) is 8.78 Å². The van der Waals surface area contributed by atoms with Gasteiger partial charge >= 0.3 is 0 Å². The Morgan fingerprint density at radius 2 is 2.05 bits per heavy atom. The van der Waals surface area contributed by atoms with Crippen LogP contribution in [0.15, 0.2) is 12.1 Å². The van der Waals surface area contributed by atoms with Crippen LogP contribution in [0.3, 0.4) is 0 Å². The summed E-state index contributed by atoms with van der Waals surface area (Å²) in [4.78, 5) is 5.41. The summed E-state index contributed by atoms with van der Waals surface area (Å²) >= 11 is 1.34. The van der Waals surface area contributed by atoms with Crippen LogP contribution in [0.2, 0.25) is 0 Å². The normalized spacial score (nSPS) is 14.3.